The van der Waals surface area contributed by atoms with Gasteiger partial charge in [0.1, 0.15) is 0 Å². The molecule has 0 aliphatic carbocycles. The van der Waals surface area contributed by atoms with Gasteiger partial charge in [-0.1, -0.05) is 17.7 Å². The van der Waals surface area contributed by atoms with Gasteiger partial charge < -0.3 is 20.4 Å². The number of nitrogens with one attached hydrogen (secondary N) is 2. The van der Waals surface area contributed by atoms with Crippen LogP contribution in [0.3, 0.4) is 0 Å². The van der Waals surface area contributed by atoms with Gasteiger partial charge in [-0.3, -0.25) is 0 Å². The van der Waals surface area contributed by atoms with Gasteiger partial charge in [-0.05, 0) is 56.8 Å². The van der Waals surface area contributed by atoms with Crippen molar-refractivity contribution < 1.29 is 4.79 Å². The molecule has 0 spiro atoms. The van der Waals surface area contributed by atoms with Gasteiger partial charge in [0.05, 0.1) is 0 Å². The van der Waals surface area contributed by atoms with Gasteiger partial charge in [-0.15, -0.1) is 0 Å². The lowest BCUT2D eigenvalue weighted by Crippen LogP contribution is -2.44. The van der Waals surface area contributed by atoms with Crippen molar-refractivity contribution in [1.82, 2.24) is 4.90 Å². The summed E-state index contributed by atoms with van der Waals surface area (Å²) < 4.78 is 0. The van der Waals surface area contributed by atoms with Crippen molar-refractivity contribution in [2.24, 2.45) is 0 Å². The van der Waals surface area contributed by atoms with E-state index in [9.17, 15) is 4.79 Å². The summed E-state index contributed by atoms with van der Waals surface area (Å²) in [6, 6.07) is 13.8. The number of aryl methyl sites for hydroxylation is 2. The first kappa shape index (κ1) is 17.3. The lowest BCUT2D eigenvalue weighted by Gasteiger charge is -2.34. The van der Waals surface area contributed by atoms with Gasteiger partial charge in [0.25, 0.3) is 0 Å². The van der Waals surface area contributed by atoms with Crippen LogP contribution < -0.4 is 15.5 Å². The molecule has 1 aliphatic heterocycles. The van der Waals surface area contributed by atoms with Crippen molar-refractivity contribution in [3.8, 4) is 0 Å². The molecule has 2 aromatic rings. The number of hydrogen-bond acceptors (Lipinski definition) is 3. The first-order valence-corrected chi connectivity index (χ1v) is 8.70. The summed E-state index contributed by atoms with van der Waals surface area (Å²) in [5, 5.41) is 5.80. The van der Waals surface area contributed by atoms with Crippen LogP contribution in [0.1, 0.15) is 11.1 Å². The number of carbonyl (C=O) groups excluding carboxylic acids is 1. The van der Waals surface area contributed by atoms with Crippen molar-refractivity contribution in [3.63, 3.8) is 0 Å². The minimum absolute atomic E-state index is 0.223. The van der Waals surface area contributed by atoms with Gasteiger partial charge in [0.2, 0.25) is 0 Å². The van der Waals surface area contributed by atoms with Crippen LogP contribution in [0.25, 0.3) is 0 Å². The van der Waals surface area contributed by atoms with Crippen LogP contribution in [0.2, 0.25) is 0 Å². The summed E-state index contributed by atoms with van der Waals surface area (Å²) in [7, 11) is 2.15. The molecule has 1 aliphatic rings. The monoisotopic (exact) mass is 338 g/mol. The highest BCUT2D eigenvalue weighted by atomic mass is 16.2. The lowest BCUT2D eigenvalue weighted by atomic mass is 10.1. The SMILES string of the molecule is Cc1ccc(NC(=O)Nc2ccc(N3CCN(C)CC3)cc2)c(C)c1. The molecular weight excluding hydrogens is 312 g/mol. The molecular formula is C20H26N4O. The highest BCUT2D eigenvalue weighted by molar-refractivity contribution is 6.00. The number of anilines is 3. The Kier molecular flexibility index (Phi) is 5.24. The van der Waals surface area contributed by atoms with Crippen molar-refractivity contribution in [1.29, 1.82) is 0 Å². The second kappa shape index (κ2) is 7.57. The molecule has 132 valence electrons. The standard InChI is InChI=1S/C20H26N4O/c1-15-4-9-19(16(2)14-15)22-20(25)21-17-5-7-18(8-6-17)24-12-10-23(3)11-13-24/h4-9,14H,10-13H2,1-3H3,(H2,21,22,25). The van der Waals surface area contributed by atoms with E-state index in [-0.39, 0.29) is 6.03 Å². The van der Waals surface area contributed by atoms with E-state index in [1.807, 2.05) is 38.1 Å². The molecule has 0 aromatic heterocycles. The second-order valence-electron chi connectivity index (χ2n) is 6.73. The number of carbonyl (C=O) groups is 1. The van der Waals surface area contributed by atoms with E-state index in [1.54, 1.807) is 0 Å². The fourth-order valence-electron chi connectivity index (χ4n) is 3.06. The highest BCUT2D eigenvalue weighted by Gasteiger charge is 2.14. The predicted octanol–water partition coefficient (Wildman–Crippen LogP) is 3.70. The van der Waals surface area contributed by atoms with Crippen molar-refractivity contribution in [2.45, 2.75) is 13.8 Å². The third-order valence-electron chi connectivity index (χ3n) is 4.62. The molecule has 0 bridgehead atoms. The largest absolute Gasteiger partial charge is 0.369 e. The van der Waals surface area contributed by atoms with E-state index in [0.717, 1.165) is 43.1 Å². The maximum atomic E-state index is 12.2. The quantitative estimate of drug-likeness (QED) is 0.897. The first-order valence-electron chi connectivity index (χ1n) is 8.70. The van der Waals surface area contributed by atoms with Gasteiger partial charge in [0, 0.05) is 43.2 Å². The molecule has 1 heterocycles. The highest BCUT2D eigenvalue weighted by Crippen LogP contribution is 2.20. The van der Waals surface area contributed by atoms with Crippen molar-refractivity contribution in [2.75, 3.05) is 48.8 Å². The number of nitrogens with zero attached hydrogens (tertiary/aromatic N) is 2. The minimum Gasteiger partial charge on any atom is -0.369 e. The third-order valence-corrected chi connectivity index (χ3v) is 4.62. The number of hydrogen-bond donors (Lipinski definition) is 2. The van der Waals surface area contributed by atoms with E-state index < -0.39 is 0 Å². The molecule has 1 fully saturated rings. The summed E-state index contributed by atoms with van der Waals surface area (Å²) in [6.45, 7) is 8.27. The van der Waals surface area contributed by atoms with E-state index in [1.165, 1.54) is 11.3 Å². The molecule has 0 radical (unpaired) electrons. The van der Waals surface area contributed by atoms with E-state index >= 15 is 0 Å². The Morgan fingerprint density at radius 2 is 1.60 bits per heavy atom. The van der Waals surface area contributed by atoms with E-state index in [4.69, 9.17) is 0 Å². The van der Waals surface area contributed by atoms with Crippen molar-refractivity contribution in [3.05, 3.63) is 53.6 Å². The Balaban J connectivity index is 1.58. The summed E-state index contributed by atoms with van der Waals surface area (Å²) in [4.78, 5) is 16.9. The Morgan fingerprint density at radius 1 is 0.920 bits per heavy atom. The molecule has 25 heavy (non-hydrogen) atoms. The van der Waals surface area contributed by atoms with Crippen LogP contribution in [0.4, 0.5) is 21.9 Å². The second-order valence-corrected chi connectivity index (χ2v) is 6.73. The van der Waals surface area contributed by atoms with Crippen LogP contribution in [0.5, 0.6) is 0 Å². The zero-order valence-electron chi connectivity index (χ0n) is 15.2. The third kappa shape index (κ3) is 4.51. The Bertz CT molecular complexity index is 734. The zero-order valence-corrected chi connectivity index (χ0v) is 15.2. The maximum Gasteiger partial charge on any atom is 0.323 e. The number of rotatable bonds is 3. The first-order chi connectivity index (χ1) is 12.0. The molecule has 1 saturated heterocycles. The smallest absolute Gasteiger partial charge is 0.323 e. The van der Waals surface area contributed by atoms with Gasteiger partial charge in [-0.25, -0.2) is 4.79 Å². The minimum atomic E-state index is -0.223. The molecule has 0 unspecified atom stereocenters. The number of likely N-dealkylation sites (N-methyl/N-ethyl adjacent to an activating group) is 1. The molecule has 3 rings (SSSR count). The molecule has 2 N–H and O–H groups in total. The topological polar surface area (TPSA) is 47.6 Å². The number of piperazine rings is 1. The average molecular weight is 338 g/mol. The zero-order chi connectivity index (χ0) is 17.8. The molecule has 5 heteroatoms. The van der Waals surface area contributed by atoms with Crippen molar-refractivity contribution >= 4 is 23.1 Å². The van der Waals surface area contributed by atoms with Crippen LogP contribution in [0, 0.1) is 13.8 Å². The lowest BCUT2D eigenvalue weighted by molar-refractivity contribution is 0.262. The maximum absolute atomic E-state index is 12.2. The molecule has 2 aromatic carbocycles. The molecule has 5 nitrogen and oxygen atoms in total. The van der Waals surface area contributed by atoms with Crippen LogP contribution in [-0.4, -0.2) is 44.2 Å². The Hall–Kier alpha value is -2.53. The summed E-state index contributed by atoms with van der Waals surface area (Å²) in [6.07, 6.45) is 0. The predicted molar refractivity (Wildman–Crippen MR) is 105 cm³/mol. The van der Waals surface area contributed by atoms with Crippen LogP contribution >= 0.6 is 0 Å². The number of urea groups is 1. The van der Waals surface area contributed by atoms with Crippen LogP contribution in [-0.2, 0) is 0 Å². The van der Waals surface area contributed by atoms with E-state index in [0.29, 0.717) is 0 Å². The fourth-order valence-corrected chi connectivity index (χ4v) is 3.06. The van der Waals surface area contributed by atoms with Gasteiger partial charge in [0.15, 0.2) is 0 Å². The van der Waals surface area contributed by atoms with E-state index in [2.05, 4.69) is 45.7 Å². The van der Waals surface area contributed by atoms with Gasteiger partial charge >= 0.3 is 6.03 Å². The summed E-state index contributed by atoms with van der Waals surface area (Å²) in [5.74, 6) is 0. The summed E-state index contributed by atoms with van der Waals surface area (Å²) in [5.41, 5.74) is 5.06. The fraction of sp³-hybridized carbons (Fsp3) is 0.350. The summed E-state index contributed by atoms with van der Waals surface area (Å²) >= 11 is 0. The number of amides is 2. The van der Waals surface area contributed by atoms with Gasteiger partial charge in [-0.2, -0.15) is 0 Å². The normalized spacial score (nSPS) is 15.1. The Morgan fingerprint density at radius 3 is 2.24 bits per heavy atom. The average Bonchev–Trinajstić information content (AvgIpc) is 2.59. The molecule has 0 atom stereocenters. The Labute approximate surface area is 149 Å². The van der Waals surface area contributed by atoms with Crippen LogP contribution in [0.15, 0.2) is 42.5 Å². The molecule has 2 amide bonds. The molecule has 0 saturated carbocycles. The number of benzene rings is 2.